The zero-order valence-electron chi connectivity index (χ0n) is 15.2. The molecule has 0 aliphatic heterocycles. The minimum absolute atomic E-state index is 0.0722. The molecule has 1 heterocycles. The molecule has 0 saturated carbocycles. The highest BCUT2D eigenvalue weighted by atomic mass is 127. The molecule has 0 aliphatic carbocycles. The van der Waals surface area contributed by atoms with Gasteiger partial charge in [-0.05, 0) is 41.6 Å². The van der Waals surface area contributed by atoms with Gasteiger partial charge < -0.3 is 5.32 Å². The number of benzene rings is 2. The van der Waals surface area contributed by atoms with Crippen molar-refractivity contribution in [3.05, 3.63) is 54.1 Å². The highest BCUT2D eigenvalue weighted by Gasteiger charge is 2.29. The summed E-state index contributed by atoms with van der Waals surface area (Å²) in [5, 5.41) is 15.4. The van der Waals surface area contributed by atoms with E-state index in [1.165, 1.54) is 27.0 Å². The van der Waals surface area contributed by atoms with Crippen LogP contribution in [0.5, 0.6) is 0 Å². The third-order valence-corrected chi connectivity index (χ3v) is 5.11. The normalized spacial score (nSPS) is 11.3. The number of nitrogens with one attached hydrogen (secondary N) is 1. The molecular formula is C18H16F3IN6O. The number of rotatable bonds is 6. The van der Waals surface area contributed by atoms with E-state index in [4.69, 9.17) is 0 Å². The minimum atomic E-state index is -4.38. The van der Waals surface area contributed by atoms with Gasteiger partial charge in [0.15, 0.2) is 0 Å². The van der Waals surface area contributed by atoms with Gasteiger partial charge in [-0.25, -0.2) is 0 Å². The Kier molecular flexibility index (Phi) is 6.35. The molecule has 1 aromatic heterocycles. The van der Waals surface area contributed by atoms with Crippen molar-refractivity contribution in [1.29, 1.82) is 0 Å². The monoisotopic (exact) mass is 516 g/mol. The van der Waals surface area contributed by atoms with Crippen LogP contribution in [-0.2, 0) is 17.5 Å². The summed E-state index contributed by atoms with van der Waals surface area (Å²) in [5.74, 6) is 0.292. The number of alkyl halides is 3. The lowest BCUT2D eigenvalue weighted by molar-refractivity contribution is -0.137. The number of para-hydroxylation sites is 1. The van der Waals surface area contributed by atoms with Gasteiger partial charge in [0, 0.05) is 23.9 Å². The summed E-state index contributed by atoms with van der Waals surface area (Å²) in [5.41, 5.74) is 1.07. The smallest absolute Gasteiger partial charge is 0.355 e. The molecular weight excluding hydrogens is 500 g/mol. The van der Waals surface area contributed by atoms with E-state index >= 15 is 0 Å². The zero-order valence-corrected chi connectivity index (χ0v) is 17.3. The Morgan fingerprint density at radius 2 is 1.86 bits per heavy atom. The second-order valence-electron chi connectivity index (χ2n) is 6.06. The van der Waals surface area contributed by atoms with Crippen molar-refractivity contribution in [3.63, 3.8) is 0 Å². The van der Waals surface area contributed by atoms with Crippen LogP contribution in [0.4, 0.5) is 24.5 Å². The first-order valence-corrected chi connectivity index (χ1v) is 9.46. The zero-order chi connectivity index (χ0) is 21.0. The number of tetrazole rings is 1. The van der Waals surface area contributed by atoms with Crippen molar-refractivity contribution in [2.75, 3.05) is 11.9 Å². The van der Waals surface area contributed by atoms with Gasteiger partial charge in [0.1, 0.15) is 0 Å². The summed E-state index contributed by atoms with van der Waals surface area (Å²) in [6, 6.07) is 11.9. The molecule has 0 fully saturated rings. The van der Waals surface area contributed by atoms with Crippen LogP contribution in [-0.4, -0.2) is 35.8 Å². The molecule has 11 heteroatoms. The van der Waals surface area contributed by atoms with Gasteiger partial charge >= 0.3 is 6.18 Å². The Labute approximate surface area is 178 Å². The average Bonchev–Trinajstić information content (AvgIpc) is 3.15. The molecule has 1 N–H and O–H groups in total. The van der Waals surface area contributed by atoms with Crippen LogP contribution >= 0.6 is 22.9 Å². The number of carbonyl (C=O) groups excluding carboxylic acids is 1. The fourth-order valence-electron chi connectivity index (χ4n) is 2.47. The molecule has 7 nitrogen and oxygen atoms in total. The minimum Gasteiger partial charge on any atom is -0.355 e. The fraction of sp³-hybridized carbons (Fsp3) is 0.222. The van der Waals surface area contributed by atoms with Crippen molar-refractivity contribution in [2.24, 2.45) is 0 Å². The fourth-order valence-corrected chi connectivity index (χ4v) is 2.68. The maximum atomic E-state index is 12.7. The van der Waals surface area contributed by atoms with Crippen LogP contribution in [0.2, 0.25) is 0 Å². The number of hydrogen-bond donors (Lipinski definition) is 1. The lowest BCUT2D eigenvalue weighted by Gasteiger charge is -2.12. The van der Waals surface area contributed by atoms with Crippen LogP contribution in [0, 0.1) is 0 Å². The van der Waals surface area contributed by atoms with E-state index in [1.807, 2.05) is 22.9 Å². The van der Waals surface area contributed by atoms with Crippen molar-refractivity contribution >= 4 is 40.1 Å². The predicted octanol–water partition coefficient (Wildman–Crippen LogP) is 4.30. The Hall–Kier alpha value is -2.70. The number of hydrogen-bond acceptors (Lipinski definition) is 5. The molecule has 0 atom stereocenters. The average molecular weight is 516 g/mol. The number of nitrogens with zero attached hydrogens (tertiary/aromatic N) is 5. The summed E-state index contributed by atoms with van der Waals surface area (Å²) in [6.45, 7) is 2.27. The summed E-state index contributed by atoms with van der Waals surface area (Å²) >= 11 is 1.92. The van der Waals surface area contributed by atoms with Gasteiger partial charge in [0.2, 0.25) is 11.7 Å². The topological polar surface area (TPSA) is 75.9 Å². The first-order chi connectivity index (χ1) is 13.7. The molecule has 0 saturated heterocycles. The number of carbonyl (C=O) groups is 1. The summed E-state index contributed by atoms with van der Waals surface area (Å²) < 4.78 is 39.7. The van der Waals surface area contributed by atoms with E-state index in [1.54, 1.807) is 24.3 Å². The van der Waals surface area contributed by atoms with Crippen molar-refractivity contribution < 1.29 is 18.0 Å². The molecule has 29 heavy (non-hydrogen) atoms. The maximum absolute atomic E-state index is 12.7. The standard InChI is InChI=1S/C18H16F3IN6O/c1-12(29)27(22)10-11-28-25-17(24-26-28)15-4-2-3-5-16(15)23-14-8-6-13(7-9-14)18(19,20)21/h2-9,23H,10-11H2,1H3. The highest BCUT2D eigenvalue weighted by Crippen LogP contribution is 2.32. The third kappa shape index (κ3) is 5.43. The van der Waals surface area contributed by atoms with Gasteiger partial charge in [-0.3, -0.25) is 7.91 Å². The molecule has 152 valence electrons. The maximum Gasteiger partial charge on any atom is 0.416 e. The molecule has 3 rings (SSSR count). The number of halogens is 4. The van der Waals surface area contributed by atoms with E-state index in [-0.39, 0.29) is 5.91 Å². The molecule has 3 aromatic rings. The molecule has 0 bridgehead atoms. The molecule has 1 amide bonds. The number of aromatic nitrogens is 4. The molecule has 2 aromatic carbocycles. The Morgan fingerprint density at radius 3 is 2.52 bits per heavy atom. The van der Waals surface area contributed by atoms with Crippen LogP contribution in [0.25, 0.3) is 11.4 Å². The van der Waals surface area contributed by atoms with Crippen LogP contribution in [0.1, 0.15) is 12.5 Å². The van der Waals surface area contributed by atoms with E-state index < -0.39 is 11.7 Å². The Balaban J connectivity index is 1.77. The Morgan fingerprint density at radius 1 is 1.17 bits per heavy atom. The largest absolute Gasteiger partial charge is 0.416 e. The van der Waals surface area contributed by atoms with Gasteiger partial charge in [0.25, 0.3) is 0 Å². The molecule has 0 aliphatic rings. The number of amides is 1. The van der Waals surface area contributed by atoms with E-state index in [2.05, 4.69) is 20.7 Å². The van der Waals surface area contributed by atoms with E-state index in [0.29, 0.717) is 35.9 Å². The number of anilines is 2. The second kappa shape index (κ2) is 8.76. The van der Waals surface area contributed by atoms with Gasteiger partial charge in [-0.15, -0.1) is 10.2 Å². The van der Waals surface area contributed by atoms with Crippen LogP contribution in [0.15, 0.2) is 48.5 Å². The van der Waals surface area contributed by atoms with Crippen LogP contribution < -0.4 is 5.32 Å². The first-order valence-electron chi connectivity index (χ1n) is 8.49. The highest BCUT2D eigenvalue weighted by molar-refractivity contribution is 14.1. The SMILES string of the molecule is CC(=O)N(I)CCn1nnc(-c2ccccc2Nc2ccc(C(F)(F)F)cc2)n1. The summed E-state index contributed by atoms with van der Waals surface area (Å²) in [6.07, 6.45) is -4.38. The van der Waals surface area contributed by atoms with Gasteiger partial charge in [-0.2, -0.15) is 18.0 Å². The van der Waals surface area contributed by atoms with E-state index in [9.17, 15) is 18.0 Å². The lowest BCUT2D eigenvalue weighted by atomic mass is 10.1. The third-order valence-electron chi connectivity index (χ3n) is 3.95. The van der Waals surface area contributed by atoms with Crippen molar-refractivity contribution in [2.45, 2.75) is 19.6 Å². The first kappa shape index (κ1) is 21.0. The van der Waals surface area contributed by atoms with Gasteiger partial charge in [-0.1, -0.05) is 12.1 Å². The van der Waals surface area contributed by atoms with Gasteiger partial charge in [0.05, 0.1) is 41.5 Å². The summed E-state index contributed by atoms with van der Waals surface area (Å²) in [4.78, 5) is 12.7. The Bertz CT molecular complexity index is 990. The predicted molar refractivity (Wildman–Crippen MR) is 109 cm³/mol. The lowest BCUT2D eigenvalue weighted by Crippen LogP contribution is -2.23. The van der Waals surface area contributed by atoms with Crippen molar-refractivity contribution in [3.8, 4) is 11.4 Å². The molecule has 0 radical (unpaired) electrons. The molecule has 0 spiro atoms. The quantitative estimate of drug-likeness (QED) is 0.391. The summed E-state index contributed by atoms with van der Waals surface area (Å²) in [7, 11) is 0. The van der Waals surface area contributed by atoms with Crippen LogP contribution in [0.3, 0.4) is 0 Å². The second-order valence-corrected chi connectivity index (χ2v) is 7.22. The van der Waals surface area contributed by atoms with Crippen molar-refractivity contribution in [1.82, 2.24) is 23.3 Å². The van der Waals surface area contributed by atoms with E-state index in [0.717, 1.165) is 12.1 Å². The molecule has 0 unspecified atom stereocenters.